The number of hydrogen-bond acceptors (Lipinski definition) is 1. The third-order valence-corrected chi connectivity index (χ3v) is 3.95. The van der Waals surface area contributed by atoms with Gasteiger partial charge in [0.1, 0.15) is 0 Å². The second kappa shape index (κ2) is 6.27. The summed E-state index contributed by atoms with van der Waals surface area (Å²) >= 11 is 5.87. The quantitative estimate of drug-likeness (QED) is 0.826. The molecule has 0 aliphatic heterocycles. The van der Waals surface area contributed by atoms with Gasteiger partial charge in [-0.3, -0.25) is 0 Å². The van der Waals surface area contributed by atoms with Gasteiger partial charge in [0.05, 0.1) is 0 Å². The molecule has 2 rings (SSSR count). The van der Waals surface area contributed by atoms with Gasteiger partial charge in [0.2, 0.25) is 0 Å². The van der Waals surface area contributed by atoms with Crippen molar-refractivity contribution in [3.63, 3.8) is 0 Å². The number of halogens is 1. The molecule has 0 saturated carbocycles. The molecule has 0 atom stereocenters. The van der Waals surface area contributed by atoms with Crippen LogP contribution in [0.1, 0.15) is 22.5 Å². The van der Waals surface area contributed by atoms with Crippen LogP contribution in [0.5, 0.6) is 0 Å². The highest BCUT2D eigenvalue weighted by molar-refractivity contribution is 6.30. The summed E-state index contributed by atoms with van der Waals surface area (Å²) in [4.78, 5) is 0. The zero-order chi connectivity index (χ0) is 13.8. The fourth-order valence-corrected chi connectivity index (χ4v) is 2.35. The predicted octanol–water partition coefficient (Wildman–Crippen LogP) is 3.63. The van der Waals surface area contributed by atoms with Crippen molar-refractivity contribution < 1.29 is 0 Å². The lowest BCUT2D eigenvalue weighted by Crippen LogP contribution is -2.17. The van der Waals surface area contributed by atoms with E-state index in [1.807, 2.05) is 12.1 Å². The number of aryl methyl sites for hydroxylation is 1. The van der Waals surface area contributed by atoms with Gasteiger partial charge in [0.15, 0.2) is 0 Å². The smallest absolute Gasteiger partial charge is 0.0406 e. The molecule has 1 aromatic heterocycles. The molecule has 2 aromatic rings. The summed E-state index contributed by atoms with van der Waals surface area (Å²) in [6.07, 6.45) is 1.03. The molecule has 102 valence electrons. The van der Waals surface area contributed by atoms with Gasteiger partial charge in [-0.2, -0.15) is 0 Å². The average Bonchev–Trinajstić information content (AvgIpc) is 2.64. The van der Waals surface area contributed by atoms with E-state index in [0.29, 0.717) is 0 Å². The summed E-state index contributed by atoms with van der Waals surface area (Å²) in [6.45, 7) is 6.23. The van der Waals surface area contributed by atoms with Crippen molar-refractivity contribution in [2.75, 3.05) is 6.54 Å². The first-order valence-electron chi connectivity index (χ1n) is 6.65. The molecule has 0 aliphatic rings. The Balaban J connectivity index is 1.80. The Morgan fingerprint density at radius 1 is 1.16 bits per heavy atom. The van der Waals surface area contributed by atoms with Crippen LogP contribution in [0.2, 0.25) is 5.02 Å². The van der Waals surface area contributed by atoms with Gasteiger partial charge < -0.3 is 9.88 Å². The monoisotopic (exact) mass is 276 g/mol. The van der Waals surface area contributed by atoms with Crippen LogP contribution in [0.3, 0.4) is 0 Å². The molecule has 0 aliphatic carbocycles. The minimum atomic E-state index is 0.798. The summed E-state index contributed by atoms with van der Waals surface area (Å²) < 4.78 is 2.23. The number of rotatable bonds is 5. The molecule has 0 saturated heterocycles. The number of benzene rings is 1. The van der Waals surface area contributed by atoms with Crippen molar-refractivity contribution in [3.8, 4) is 0 Å². The van der Waals surface area contributed by atoms with Gasteiger partial charge in [0, 0.05) is 30.0 Å². The van der Waals surface area contributed by atoms with Crippen molar-refractivity contribution in [3.05, 3.63) is 57.9 Å². The van der Waals surface area contributed by atoms with Gasteiger partial charge in [-0.25, -0.2) is 0 Å². The highest BCUT2D eigenvalue weighted by atomic mass is 35.5. The molecular weight excluding hydrogens is 256 g/mol. The first-order valence-corrected chi connectivity index (χ1v) is 7.02. The van der Waals surface area contributed by atoms with E-state index in [-0.39, 0.29) is 0 Å². The maximum atomic E-state index is 5.87. The van der Waals surface area contributed by atoms with Crippen LogP contribution in [0.4, 0.5) is 0 Å². The zero-order valence-corrected chi connectivity index (χ0v) is 12.6. The van der Waals surface area contributed by atoms with E-state index < -0.39 is 0 Å². The first kappa shape index (κ1) is 14.2. The number of hydrogen-bond donors (Lipinski definition) is 1. The number of aromatic nitrogens is 1. The van der Waals surface area contributed by atoms with Gasteiger partial charge >= 0.3 is 0 Å². The maximum absolute atomic E-state index is 5.87. The molecule has 0 radical (unpaired) electrons. The van der Waals surface area contributed by atoms with Crippen molar-refractivity contribution in [2.24, 2.45) is 7.05 Å². The topological polar surface area (TPSA) is 17.0 Å². The lowest BCUT2D eigenvalue weighted by molar-refractivity contribution is 0.681. The van der Waals surface area contributed by atoms with E-state index in [0.717, 1.165) is 24.5 Å². The van der Waals surface area contributed by atoms with Crippen LogP contribution in [-0.2, 0) is 20.0 Å². The fraction of sp³-hybridized carbons (Fsp3) is 0.375. The van der Waals surface area contributed by atoms with E-state index in [2.05, 4.69) is 49.0 Å². The minimum Gasteiger partial charge on any atom is -0.352 e. The van der Waals surface area contributed by atoms with Crippen LogP contribution in [0.25, 0.3) is 0 Å². The lowest BCUT2D eigenvalue weighted by atomic mass is 10.1. The van der Waals surface area contributed by atoms with Gasteiger partial charge in [-0.15, -0.1) is 0 Å². The molecule has 0 fully saturated rings. The summed E-state index contributed by atoms with van der Waals surface area (Å²) in [5, 5.41) is 4.30. The molecule has 19 heavy (non-hydrogen) atoms. The Morgan fingerprint density at radius 2 is 1.84 bits per heavy atom. The molecule has 0 amide bonds. The molecular formula is C16H21ClN2. The summed E-state index contributed by atoms with van der Waals surface area (Å²) in [6, 6.07) is 10.3. The molecule has 0 spiro atoms. The van der Waals surface area contributed by atoms with Crippen LogP contribution < -0.4 is 5.32 Å². The normalized spacial score (nSPS) is 10.9. The summed E-state index contributed by atoms with van der Waals surface area (Å²) in [5.74, 6) is 0. The van der Waals surface area contributed by atoms with Crippen LogP contribution in [0, 0.1) is 13.8 Å². The Hall–Kier alpha value is -1.25. The van der Waals surface area contributed by atoms with E-state index >= 15 is 0 Å². The molecule has 3 heteroatoms. The Bertz CT molecular complexity index is 541. The molecule has 1 aromatic carbocycles. The summed E-state index contributed by atoms with van der Waals surface area (Å²) in [7, 11) is 2.11. The third-order valence-electron chi connectivity index (χ3n) is 3.70. The molecule has 0 bridgehead atoms. The second-order valence-electron chi connectivity index (χ2n) is 5.01. The number of nitrogens with zero attached hydrogens (tertiary/aromatic N) is 1. The summed E-state index contributed by atoms with van der Waals surface area (Å²) in [5.41, 5.74) is 5.36. The van der Waals surface area contributed by atoms with Gasteiger partial charge in [-0.05, 0) is 56.1 Å². The van der Waals surface area contributed by atoms with E-state index in [1.54, 1.807) is 0 Å². The lowest BCUT2D eigenvalue weighted by Gasteiger charge is -2.06. The minimum absolute atomic E-state index is 0.798. The molecule has 1 heterocycles. The Morgan fingerprint density at radius 3 is 2.42 bits per heavy atom. The molecule has 0 unspecified atom stereocenters. The second-order valence-corrected chi connectivity index (χ2v) is 5.45. The largest absolute Gasteiger partial charge is 0.352 e. The van der Waals surface area contributed by atoms with Crippen LogP contribution in [0.15, 0.2) is 30.3 Å². The SMILES string of the molecule is Cc1cc(CNCCc2ccc(Cl)cc2)c(C)n1C. The Kier molecular flexibility index (Phi) is 4.67. The van der Waals surface area contributed by atoms with E-state index in [1.165, 1.54) is 22.5 Å². The fourth-order valence-electron chi connectivity index (χ4n) is 2.22. The standard InChI is InChI=1S/C16H21ClN2/c1-12-10-15(13(2)19(12)3)11-18-9-8-14-4-6-16(17)7-5-14/h4-7,10,18H,8-9,11H2,1-3H3. The predicted molar refractivity (Wildman–Crippen MR) is 81.7 cm³/mol. The van der Waals surface area contributed by atoms with Crippen LogP contribution >= 0.6 is 11.6 Å². The zero-order valence-electron chi connectivity index (χ0n) is 11.8. The molecule has 1 N–H and O–H groups in total. The van der Waals surface area contributed by atoms with E-state index in [4.69, 9.17) is 11.6 Å². The van der Waals surface area contributed by atoms with Gasteiger partial charge in [-0.1, -0.05) is 23.7 Å². The van der Waals surface area contributed by atoms with Crippen molar-refractivity contribution in [1.29, 1.82) is 0 Å². The highest BCUT2D eigenvalue weighted by Crippen LogP contribution is 2.13. The van der Waals surface area contributed by atoms with Crippen molar-refractivity contribution in [1.82, 2.24) is 9.88 Å². The Labute approximate surface area is 120 Å². The first-order chi connectivity index (χ1) is 9.08. The third kappa shape index (κ3) is 3.62. The average molecular weight is 277 g/mol. The van der Waals surface area contributed by atoms with Gasteiger partial charge in [0.25, 0.3) is 0 Å². The molecule has 2 nitrogen and oxygen atoms in total. The van der Waals surface area contributed by atoms with Crippen molar-refractivity contribution >= 4 is 11.6 Å². The highest BCUT2D eigenvalue weighted by Gasteiger charge is 2.04. The van der Waals surface area contributed by atoms with Crippen molar-refractivity contribution in [2.45, 2.75) is 26.8 Å². The van der Waals surface area contributed by atoms with E-state index in [9.17, 15) is 0 Å². The maximum Gasteiger partial charge on any atom is 0.0406 e. The number of nitrogens with one attached hydrogen (secondary N) is 1. The van der Waals surface area contributed by atoms with Crippen LogP contribution in [-0.4, -0.2) is 11.1 Å².